The molecular formula is C17H38N2S2. The van der Waals surface area contributed by atoms with E-state index in [1.54, 1.807) is 0 Å². The Morgan fingerprint density at radius 2 is 1.19 bits per heavy atom. The second kappa shape index (κ2) is 8.16. The standard InChI is InChI=1S/C9H19NS2.C8H19N/c1-8(2,3)6-9(4,5)10-7(11)12;1-7(2,3)6-8(4,5)9/h6H2,1-5H3,(H2,10,11,12);6,9H2,1-5H3. The maximum Gasteiger partial charge on any atom is 0.131 e. The fourth-order valence-electron chi connectivity index (χ4n) is 3.03. The van der Waals surface area contributed by atoms with Gasteiger partial charge in [-0.15, -0.1) is 12.6 Å². The van der Waals surface area contributed by atoms with Crippen LogP contribution in [0.1, 0.15) is 82.1 Å². The Morgan fingerprint density at radius 3 is 1.33 bits per heavy atom. The number of hydrogen-bond donors (Lipinski definition) is 3. The zero-order valence-electron chi connectivity index (χ0n) is 15.8. The minimum absolute atomic E-state index is 0.0156. The van der Waals surface area contributed by atoms with Gasteiger partial charge in [-0.1, -0.05) is 53.8 Å². The first kappa shape index (κ1) is 23.5. The summed E-state index contributed by atoms with van der Waals surface area (Å²) in [6.45, 7) is 21.7. The molecule has 0 saturated heterocycles. The van der Waals surface area contributed by atoms with Crippen LogP contribution in [0.3, 0.4) is 0 Å². The van der Waals surface area contributed by atoms with Crippen LogP contribution in [0.4, 0.5) is 0 Å². The molecule has 0 aromatic heterocycles. The van der Waals surface area contributed by atoms with Crippen molar-refractivity contribution in [3.8, 4) is 0 Å². The Bertz CT molecular complexity index is 303. The molecule has 0 fully saturated rings. The molecule has 21 heavy (non-hydrogen) atoms. The highest BCUT2D eigenvalue weighted by molar-refractivity contribution is 8.11. The van der Waals surface area contributed by atoms with Gasteiger partial charge in [-0.2, -0.15) is 0 Å². The van der Waals surface area contributed by atoms with E-state index in [0.29, 0.717) is 15.2 Å². The molecule has 0 aromatic rings. The number of rotatable bonds is 3. The van der Waals surface area contributed by atoms with E-state index in [1.807, 2.05) is 0 Å². The number of thiocarbonyl (C=S) groups is 1. The lowest BCUT2D eigenvalue weighted by Crippen LogP contribution is -2.43. The largest absolute Gasteiger partial charge is 0.366 e. The van der Waals surface area contributed by atoms with Crippen molar-refractivity contribution in [2.24, 2.45) is 16.6 Å². The van der Waals surface area contributed by atoms with E-state index in [0.717, 1.165) is 12.8 Å². The van der Waals surface area contributed by atoms with Gasteiger partial charge in [0.15, 0.2) is 0 Å². The molecule has 0 aliphatic heterocycles. The van der Waals surface area contributed by atoms with Crippen LogP contribution in [-0.4, -0.2) is 15.4 Å². The quantitative estimate of drug-likeness (QED) is 0.492. The summed E-state index contributed by atoms with van der Waals surface area (Å²) in [6.07, 6.45) is 2.14. The predicted molar refractivity (Wildman–Crippen MR) is 105 cm³/mol. The van der Waals surface area contributed by atoms with E-state index in [2.05, 4.69) is 87.2 Å². The van der Waals surface area contributed by atoms with Crippen molar-refractivity contribution in [3.05, 3.63) is 0 Å². The van der Waals surface area contributed by atoms with Crippen LogP contribution in [0.2, 0.25) is 0 Å². The Labute approximate surface area is 144 Å². The predicted octanol–water partition coefficient (Wildman–Crippen LogP) is 5.17. The zero-order chi connectivity index (χ0) is 17.7. The number of hydrogen-bond acceptors (Lipinski definition) is 2. The van der Waals surface area contributed by atoms with Gasteiger partial charge in [0.1, 0.15) is 4.32 Å². The van der Waals surface area contributed by atoms with Crippen molar-refractivity contribution in [1.82, 2.24) is 5.32 Å². The minimum atomic E-state index is -0.0156. The van der Waals surface area contributed by atoms with E-state index in [9.17, 15) is 0 Å². The van der Waals surface area contributed by atoms with Crippen molar-refractivity contribution < 1.29 is 0 Å². The van der Waals surface area contributed by atoms with Gasteiger partial charge in [0, 0.05) is 11.1 Å². The summed E-state index contributed by atoms with van der Waals surface area (Å²) in [7, 11) is 0. The maximum atomic E-state index is 5.82. The first-order valence-corrected chi connectivity index (χ1v) is 8.49. The lowest BCUT2D eigenvalue weighted by atomic mass is 9.82. The molecule has 0 amide bonds. The number of nitrogens with one attached hydrogen (secondary N) is 1. The molecule has 3 N–H and O–H groups in total. The molecule has 128 valence electrons. The molecule has 0 aliphatic rings. The third-order valence-electron chi connectivity index (χ3n) is 2.40. The first-order valence-electron chi connectivity index (χ1n) is 7.63. The average molecular weight is 335 g/mol. The molecule has 0 saturated carbocycles. The minimum Gasteiger partial charge on any atom is -0.366 e. The first-order chi connectivity index (χ1) is 8.83. The van der Waals surface area contributed by atoms with E-state index in [1.165, 1.54) is 0 Å². The SMILES string of the molecule is CC(C)(C)CC(C)(C)N.CC(C)(C)CC(C)(C)NC(=S)S. The third kappa shape index (κ3) is 22.6. The highest BCUT2D eigenvalue weighted by Crippen LogP contribution is 2.27. The molecule has 2 nitrogen and oxygen atoms in total. The van der Waals surface area contributed by atoms with Gasteiger partial charge in [0.25, 0.3) is 0 Å². The Balaban J connectivity index is 0. The van der Waals surface area contributed by atoms with Crippen LogP contribution < -0.4 is 11.1 Å². The second-order valence-corrected chi connectivity index (χ2v) is 10.9. The second-order valence-electron chi connectivity index (χ2n) is 9.78. The van der Waals surface area contributed by atoms with E-state index < -0.39 is 0 Å². The molecule has 0 unspecified atom stereocenters. The molecule has 0 aromatic carbocycles. The van der Waals surface area contributed by atoms with Crippen LogP contribution in [0.15, 0.2) is 0 Å². The number of thiol groups is 1. The molecular weight excluding hydrogens is 296 g/mol. The normalized spacial score (nSPS) is 13.3. The highest BCUT2D eigenvalue weighted by Gasteiger charge is 2.25. The molecule has 0 spiro atoms. The summed E-state index contributed by atoms with van der Waals surface area (Å²) in [5.74, 6) is 0. The van der Waals surface area contributed by atoms with Gasteiger partial charge in [-0.25, -0.2) is 0 Å². The van der Waals surface area contributed by atoms with Gasteiger partial charge in [-0.05, 0) is 51.4 Å². The summed E-state index contributed by atoms with van der Waals surface area (Å²) in [5, 5.41) is 3.17. The van der Waals surface area contributed by atoms with Gasteiger partial charge in [-0.3, -0.25) is 0 Å². The molecule has 0 radical (unpaired) electrons. The van der Waals surface area contributed by atoms with Gasteiger partial charge >= 0.3 is 0 Å². The van der Waals surface area contributed by atoms with Crippen LogP contribution >= 0.6 is 24.8 Å². The maximum absolute atomic E-state index is 5.82. The van der Waals surface area contributed by atoms with Crippen molar-refractivity contribution >= 4 is 29.2 Å². The highest BCUT2D eigenvalue weighted by atomic mass is 32.1. The van der Waals surface area contributed by atoms with Crippen LogP contribution in [0.5, 0.6) is 0 Å². The summed E-state index contributed by atoms with van der Waals surface area (Å²) < 4.78 is 0.573. The third-order valence-corrected chi connectivity index (χ3v) is 2.62. The molecule has 0 heterocycles. The average Bonchev–Trinajstić information content (AvgIpc) is 1.85. The summed E-state index contributed by atoms with van der Waals surface area (Å²) in [4.78, 5) is 0. The summed E-state index contributed by atoms with van der Waals surface area (Å²) in [5.41, 5.74) is 6.52. The Hall–Kier alpha value is 0.200. The van der Waals surface area contributed by atoms with Gasteiger partial charge in [0.2, 0.25) is 0 Å². The Kier molecular flexibility index (Phi) is 9.12. The Morgan fingerprint density at radius 1 is 0.857 bits per heavy atom. The van der Waals surface area contributed by atoms with E-state index >= 15 is 0 Å². The van der Waals surface area contributed by atoms with Gasteiger partial charge < -0.3 is 11.1 Å². The lowest BCUT2D eigenvalue weighted by molar-refractivity contribution is 0.269. The fraction of sp³-hybridized carbons (Fsp3) is 0.941. The van der Waals surface area contributed by atoms with Gasteiger partial charge in [0.05, 0.1) is 0 Å². The molecule has 4 heteroatoms. The smallest absolute Gasteiger partial charge is 0.131 e. The van der Waals surface area contributed by atoms with Crippen LogP contribution in [-0.2, 0) is 0 Å². The molecule has 0 bridgehead atoms. The topological polar surface area (TPSA) is 38.0 Å². The lowest BCUT2D eigenvalue weighted by Gasteiger charge is -2.33. The van der Waals surface area contributed by atoms with E-state index in [4.69, 9.17) is 18.0 Å². The zero-order valence-corrected chi connectivity index (χ0v) is 17.6. The molecule has 0 aliphatic carbocycles. The van der Waals surface area contributed by atoms with Crippen molar-refractivity contribution in [2.75, 3.05) is 0 Å². The monoisotopic (exact) mass is 334 g/mol. The molecule has 0 atom stereocenters. The number of nitrogens with two attached hydrogens (primary N) is 1. The van der Waals surface area contributed by atoms with Crippen LogP contribution in [0, 0.1) is 10.8 Å². The summed E-state index contributed by atoms with van der Waals surface area (Å²) in [6, 6.07) is 0. The van der Waals surface area contributed by atoms with Crippen LogP contribution in [0.25, 0.3) is 0 Å². The van der Waals surface area contributed by atoms with Crippen molar-refractivity contribution in [1.29, 1.82) is 0 Å². The summed E-state index contributed by atoms with van der Waals surface area (Å²) >= 11 is 8.95. The molecule has 0 rings (SSSR count). The van der Waals surface area contributed by atoms with E-state index in [-0.39, 0.29) is 11.1 Å². The fourth-order valence-corrected chi connectivity index (χ4v) is 3.61. The van der Waals surface area contributed by atoms with Crippen molar-refractivity contribution in [3.63, 3.8) is 0 Å². The van der Waals surface area contributed by atoms with Crippen molar-refractivity contribution in [2.45, 2.75) is 93.2 Å².